The number of hydrogen-bond donors (Lipinski definition) is 3. The predicted octanol–water partition coefficient (Wildman–Crippen LogP) is 3.71. The molecule has 0 bridgehead atoms. The number of aromatic nitrogens is 1. The molecule has 1 atom stereocenters. The van der Waals surface area contributed by atoms with Crippen molar-refractivity contribution in [1.29, 1.82) is 0 Å². The van der Waals surface area contributed by atoms with Crippen molar-refractivity contribution in [3.05, 3.63) is 83.7 Å². The van der Waals surface area contributed by atoms with Gasteiger partial charge in [0.2, 0.25) is 5.91 Å². The van der Waals surface area contributed by atoms with Crippen LogP contribution in [0.1, 0.15) is 29.0 Å². The van der Waals surface area contributed by atoms with Crippen molar-refractivity contribution in [3.8, 4) is 11.1 Å². The van der Waals surface area contributed by atoms with Crippen molar-refractivity contribution in [2.24, 2.45) is 0 Å². The highest BCUT2D eigenvalue weighted by Crippen LogP contribution is 2.44. The normalized spacial score (nSPS) is 12.9. The summed E-state index contributed by atoms with van der Waals surface area (Å²) in [5, 5.41) is 14.2. The second-order valence-electron chi connectivity index (χ2n) is 7.80. The van der Waals surface area contributed by atoms with E-state index >= 15 is 0 Å². The maximum absolute atomic E-state index is 12.7. The standard InChI is InChI=1S/C25H23N3O5/c1-15-13-26-11-10-21(15)27-24(31)22(12-23(29)30)28-25(32)33-14-20-18-8-4-2-6-16(18)17-7-3-5-9-19(17)20/h2-11,13,20,22H,12,14H2,1H3,(H,28,32)(H,29,30)(H,26,27,31). The van der Waals surface area contributed by atoms with Crippen molar-refractivity contribution in [2.45, 2.75) is 25.3 Å². The third kappa shape index (κ3) is 4.85. The molecule has 1 aliphatic rings. The molecule has 33 heavy (non-hydrogen) atoms. The van der Waals surface area contributed by atoms with E-state index in [9.17, 15) is 19.5 Å². The SMILES string of the molecule is Cc1cnccc1NC(=O)C(CC(=O)O)NC(=O)OCC1c2ccccc2-c2ccccc21. The van der Waals surface area contributed by atoms with E-state index < -0.39 is 30.4 Å². The van der Waals surface area contributed by atoms with Crippen LogP contribution in [-0.2, 0) is 14.3 Å². The first-order chi connectivity index (χ1) is 15.9. The molecule has 8 nitrogen and oxygen atoms in total. The number of carboxylic acids is 1. The van der Waals surface area contributed by atoms with Crippen LogP contribution in [-0.4, -0.2) is 40.7 Å². The lowest BCUT2D eigenvalue weighted by Crippen LogP contribution is -2.45. The smallest absolute Gasteiger partial charge is 0.407 e. The van der Waals surface area contributed by atoms with Crippen molar-refractivity contribution in [2.75, 3.05) is 11.9 Å². The average molecular weight is 445 g/mol. The Labute approximate surface area is 190 Å². The van der Waals surface area contributed by atoms with E-state index in [2.05, 4.69) is 15.6 Å². The number of nitrogens with one attached hydrogen (secondary N) is 2. The summed E-state index contributed by atoms with van der Waals surface area (Å²) in [6.07, 6.45) is 1.64. The van der Waals surface area contributed by atoms with E-state index in [1.54, 1.807) is 19.2 Å². The molecule has 3 aromatic rings. The number of nitrogens with zero attached hydrogens (tertiary/aromatic N) is 1. The van der Waals surface area contributed by atoms with Crippen molar-refractivity contribution in [1.82, 2.24) is 10.3 Å². The molecule has 2 aromatic carbocycles. The lowest BCUT2D eigenvalue weighted by molar-refractivity contribution is -0.139. The number of amides is 2. The minimum Gasteiger partial charge on any atom is -0.481 e. The minimum absolute atomic E-state index is 0.0603. The number of benzene rings is 2. The van der Waals surface area contributed by atoms with Crippen LogP contribution in [0.15, 0.2) is 67.0 Å². The maximum atomic E-state index is 12.7. The fraction of sp³-hybridized carbons (Fsp3) is 0.200. The molecule has 0 saturated carbocycles. The number of fused-ring (bicyclic) bond motifs is 3. The zero-order valence-electron chi connectivity index (χ0n) is 17.9. The van der Waals surface area contributed by atoms with Gasteiger partial charge in [0, 0.05) is 24.0 Å². The van der Waals surface area contributed by atoms with Gasteiger partial charge in [-0.15, -0.1) is 0 Å². The Morgan fingerprint density at radius 1 is 1.03 bits per heavy atom. The predicted molar refractivity (Wildman–Crippen MR) is 122 cm³/mol. The summed E-state index contributed by atoms with van der Waals surface area (Å²) in [5.41, 5.74) is 5.50. The minimum atomic E-state index is -1.30. The summed E-state index contributed by atoms with van der Waals surface area (Å²) < 4.78 is 5.44. The van der Waals surface area contributed by atoms with Gasteiger partial charge in [0.25, 0.3) is 0 Å². The summed E-state index contributed by atoms with van der Waals surface area (Å²) in [6.45, 7) is 1.82. The summed E-state index contributed by atoms with van der Waals surface area (Å²) in [6, 6.07) is 16.2. The van der Waals surface area contributed by atoms with Crippen LogP contribution in [0, 0.1) is 6.92 Å². The average Bonchev–Trinajstić information content (AvgIpc) is 3.12. The Bertz CT molecular complexity index is 1160. The molecule has 168 valence electrons. The number of carbonyl (C=O) groups is 3. The molecule has 3 N–H and O–H groups in total. The van der Waals surface area contributed by atoms with Crippen LogP contribution in [0.4, 0.5) is 10.5 Å². The molecule has 4 rings (SSSR count). The van der Waals surface area contributed by atoms with Gasteiger partial charge in [-0.3, -0.25) is 14.6 Å². The number of ether oxygens (including phenoxy) is 1. The highest BCUT2D eigenvalue weighted by Gasteiger charge is 2.30. The quantitative estimate of drug-likeness (QED) is 0.510. The number of carbonyl (C=O) groups excluding carboxylic acids is 2. The number of hydrogen-bond acceptors (Lipinski definition) is 5. The van der Waals surface area contributed by atoms with Crippen molar-refractivity contribution in [3.63, 3.8) is 0 Å². The molecule has 0 fully saturated rings. The molecule has 1 unspecified atom stereocenters. The topological polar surface area (TPSA) is 118 Å². The van der Waals surface area contributed by atoms with E-state index in [0.717, 1.165) is 22.3 Å². The summed E-state index contributed by atoms with van der Waals surface area (Å²) >= 11 is 0. The number of aliphatic carboxylic acids is 1. The molecular weight excluding hydrogens is 422 g/mol. The van der Waals surface area contributed by atoms with Crippen LogP contribution in [0.3, 0.4) is 0 Å². The van der Waals surface area contributed by atoms with Crippen LogP contribution < -0.4 is 10.6 Å². The molecule has 1 aliphatic carbocycles. The van der Waals surface area contributed by atoms with Crippen molar-refractivity contribution >= 4 is 23.7 Å². The summed E-state index contributed by atoms with van der Waals surface area (Å²) in [4.78, 5) is 40.4. The molecule has 2 amide bonds. The lowest BCUT2D eigenvalue weighted by atomic mass is 9.98. The van der Waals surface area contributed by atoms with Gasteiger partial charge < -0.3 is 20.5 Å². The maximum Gasteiger partial charge on any atom is 0.407 e. The Hall–Kier alpha value is -4.20. The number of anilines is 1. The molecule has 0 aliphatic heterocycles. The van der Waals surface area contributed by atoms with Gasteiger partial charge in [-0.05, 0) is 40.8 Å². The second-order valence-corrected chi connectivity index (χ2v) is 7.80. The zero-order chi connectivity index (χ0) is 23.4. The van der Waals surface area contributed by atoms with Crippen LogP contribution in [0.2, 0.25) is 0 Å². The van der Waals surface area contributed by atoms with Gasteiger partial charge in [0.1, 0.15) is 12.6 Å². The Morgan fingerprint density at radius 3 is 2.27 bits per heavy atom. The molecule has 0 radical (unpaired) electrons. The van der Waals surface area contributed by atoms with Crippen LogP contribution >= 0.6 is 0 Å². The number of pyridine rings is 1. The van der Waals surface area contributed by atoms with Crippen LogP contribution in [0.5, 0.6) is 0 Å². The number of alkyl carbamates (subject to hydrolysis) is 1. The molecule has 1 heterocycles. The van der Waals surface area contributed by atoms with Crippen molar-refractivity contribution < 1.29 is 24.2 Å². The van der Waals surface area contributed by atoms with E-state index in [0.29, 0.717) is 11.3 Å². The molecule has 0 saturated heterocycles. The first-order valence-electron chi connectivity index (χ1n) is 10.5. The summed E-state index contributed by atoms with van der Waals surface area (Å²) in [7, 11) is 0. The highest BCUT2D eigenvalue weighted by atomic mass is 16.5. The second kappa shape index (κ2) is 9.52. The molecule has 1 aromatic heterocycles. The molecular formula is C25H23N3O5. The Balaban J connectivity index is 1.43. The van der Waals surface area contributed by atoms with E-state index in [-0.39, 0.29) is 12.5 Å². The fourth-order valence-corrected chi connectivity index (χ4v) is 4.00. The van der Waals surface area contributed by atoms with Gasteiger partial charge in [-0.2, -0.15) is 0 Å². The van der Waals surface area contributed by atoms with Gasteiger partial charge in [-0.25, -0.2) is 4.79 Å². The third-order valence-corrected chi connectivity index (χ3v) is 5.61. The van der Waals surface area contributed by atoms with Gasteiger partial charge >= 0.3 is 12.1 Å². The van der Waals surface area contributed by atoms with Gasteiger partial charge in [0.05, 0.1) is 6.42 Å². The van der Waals surface area contributed by atoms with E-state index in [1.165, 1.54) is 6.20 Å². The number of rotatable bonds is 7. The van der Waals surface area contributed by atoms with E-state index in [4.69, 9.17) is 4.74 Å². The van der Waals surface area contributed by atoms with E-state index in [1.807, 2.05) is 48.5 Å². The monoisotopic (exact) mass is 445 g/mol. The first-order valence-corrected chi connectivity index (χ1v) is 10.5. The highest BCUT2D eigenvalue weighted by molar-refractivity contribution is 5.98. The molecule has 0 spiro atoms. The fourth-order valence-electron chi connectivity index (χ4n) is 4.00. The Kier molecular flexibility index (Phi) is 6.35. The first kappa shape index (κ1) is 22.0. The lowest BCUT2D eigenvalue weighted by Gasteiger charge is -2.19. The molecule has 8 heteroatoms. The Morgan fingerprint density at radius 2 is 1.67 bits per heavy atom. The summed E-state index contributed by atoms with van der Waals surface area (Å²) in [5.74, 6) is -2.02. The van der Waals surface area contributed by atoms with Gasteiger partial charge in [0.15, 0.2) is 0 Å². The largest absolute Gasteiger partial charge is 0.481 e. The van der Waals surface area contributed by atoms with Crippen LogP contribution in [0.25, 0.3) is 11.1 Å². The number of aryl methyl sites for hydroxylation is 1. The third-order valence-electron chi connectivity index (χ3n) is 5.61. The number of carboxylic acid groups (broad SMARTS) is 1. The van der Waals surface area contributed by atoms with Gasteiger partial charge in [-0.1, -0.05) is 48.5 Å². The zero-order valence-corrected chi connectivity index (χ0v) is 17.9.